The van der Waals surface area contributed by atoms with Crippen molar-refractivity contribution in [3.63, 3.8) is 0 Å². The molecular weight excluding hydrogens is 368 g/mol. The number of para-hydroxylation sites is 1. The lowest BCUT2D eigenvalue weighted by Gasteiger charge is -2.36. The summed E-state index contributed by atoms with van der Waals surface area (Å²) >= 11 is 6.06. The second-order valence-electron chi connectivity index (χ2n) is 7.00. The average molecular weight is 393 g/mol. The lowest BCUT2D eigenvalue weighted by molar-refractivity contribution is -0.144. The van der Waals surface area contributed by atoms with Gasteiger partial charge in [-0.3, -0.25) is 19.3 Å². The van der Waals surface area contributed by atoms with E-state index in [2.05, 4.69) is 5.32 Å². The van der Waals surface area contributed by atoms with Crippen LogP contribution in [0.1, 0.15) is 19.8 Å². The molecule has 2 fully saturated rings. The van der Waals surface area contributed by atoms with Crippen LogP contribution in [0, 0.1) is 0 Å². The zero-order valence-corrected chi connectivity index (χ0v) is 16.2. The number of likely N-dealkylation sites (tertiary alicyclic amines) is 1. The Labute approximate surface area is 164 Å². The highest BCUT2D eigenvalue weighted by molar-refractivity contribution is 6.33. The fourth-order valence-electron chi connectivity index (χ4n) is 3.69. The van der Waals surface area contributed by atoms with Gasteiger partial charge < -0.3 is 15.1 Å². The Morgan fingerprint density at radius 1 is 1.11 bits per heavy atom. The number of hydrogen-bond acceptors (Lipinski definition) is 4. The number of nitrogens with zero attached hydrogens (tertiary/aromatic N) is 3. The molecule has 8 heteroatoms. The second-order valence-corrected chi connectivity index (χ2v) is 7.41. The van der Waals surface area contributed by atoms with Gasteiger partial charge in [0, 0.05) is 39.6 Å². The van der Waals surface area contributed by atoms with Crippen LogP contribution in [0.5, 0.6) is 0 Å². The summed E-state index contributed by atoms with van der Waals surface area (Å²) in [6.45, 7) is 4.84. The third kappa shape index (κ3) is 4.78. The highest BCUT2D eigenvalue weighted by Crippen LogP contribution is 2.21. The van der Waals surface area contributed by atoms with Gasteiger partial charge in [0.05, 0.1) is 17.3 Å². The minimum atomic E-state index is -0.322. The predicted octanol–water partition coefficient (Wildman–Crippen LogP) is 1.43. The standard InChI is InChI=1S/C19H25ClN4O3/c1-14(25)24-8-4-7-17(24)19(27)23-11-9-22(10-12-23)13-18(26)21-16-6-3-2-5-15(16)20/h2-3,5-6,17H,4,7-13H2,1H3,(H,21,26). The molecule has 27 heavy (non-hydrogen) atoms. The van der Waals surface area contributed by atoms with Crippen LogP contribution in [-0.2, 0) is 14.4 Å². The quantitative estimate of drug-likeness (QED) is 0.841. The van der Waals surface area contributed by atoms with Crippen LogP contribution in [0.3, 0.4) is 0 Å². The van der Waals surface area contributed by atoms with Gasteiger partial charge in [0.1, 0.15) is 6.04 Å². The van der Waals surface area contributed by atoms with Gasteiger partial charge in [0.15, 0.2) is 0 Å². The molecule has 1 N–H and O–H groups in total. The van der Waals surface area contributed by atoms with Crippen molar-refractivity contribution >= 4 is 35.0 Å². The first-order chi connectivity index (χ1) is 13.0. The largest absolute Gasteiger partial charge is 0.338 e. The first-order valence-corrected chi connectivity index (χ1v) is 9.66. The van der Waals surface area contributed by atoms with Gasteiger partial charge in [0.2, 0.25) is 17.7 Å². The summed E-state index contributed by atoms with van der Waals surface area (Å²) in [4.78, 5) is 42.2. The van der Waals surface area contributed by atoms with Crippen LogP contribution in [0.25, 0.3) is 0 Å². The zero-order chi connectivity index (χ0) is 19.4. The van der Waals surface area contributed by atoms with E-state index in [0.29, 0.717) is 43.4 Å². The number of benzene rings is 1. The van der Waals surface area contributed by atoms with E-state index in [1.54, 1.807) is 17.0 Å². The van der Waals surface area contributed by atoms with Crippen molar-refractivity contribution in [1.82, 2.24) is 14.7 Å². The Hall–Kier alpha value is -2.12. The molecule has 0 saturated carbocycles. The Morgan fingerprint density at radius 3 is 2.48 bits per heavy atom. The normalized spacial score (nSPS) is 20.6. The third-order valence-electron chi connectivity index (χ3n) is 5.14. The molecule has 1 unspecified atom stereocenters. The molecule has 1 atom stereocenters. The van der Waals surface area contributed by atoms with Gasteiger partial charge in [-0.05, 0) is 25.0 Å². The second kappa shape index (κ2) is 8.71. The maximum atomic E-state index is 12.7. The zero-order valence-electron chi connectivity index (χ0n) is 15.5. The lowest BCUT2D eigenvalue weighted by Crippen LogP contribution is -2.55. The van der Waals surface area contributed by atoms with Crippen LogP contribution < -0.4 is 5.32 Å². The average Bonchev–Trinajstić information content (AvgIpc) is 3.14. The Bertz CT molecular complexity index is 719. The molecule has 146 valence electrons. The number of piperazine rings is 1. The van der Waals surface area contributed by atoms with Gasteiger partial charge >= 0.3 is 0 Å². The number of hydrogen-bond donors (Lipinski definition) is 1. The number of anilines is 1. The first kappa shape index (κ1) is 19.6. The van der Waals surface area contributed by atoms with Gasteiger partial charge in [-0.15, -0.1) is 0 Å². The topological polar surface area (TPSA) is 73.0 Å². The summed E-state index contributed by atoms with van der Waals surface area (Å²) in [6, 6.07) is 6.80. The number of halogens is 1. The highest BCUT2D eigenvalue weighted by Gasteiger charge is 2.36. The lowest BCUT2D eigenvalue weighted by atomic mass is 10.1. The van der Waals surface area contributed by atoms with Crippen LogP contribution in [0.2, 0.25) is 5.02 Å². The van der Waals surface area contributed by atoms with E-state index < -0.39 is 0 Å². The van der Waals surface area contributed by atoms with Crippen molar-refractivity contribution in [1.29, 1.82) is 0 Å². The van der Waals surface area contributed by atoms with E-state index in [1.165, 1.54) is 6.92 Å². The Kier molecular flexibility index (Phi) is 6.34. The van der Waals surface area contributed by atoms with E-state index in [-0.39, 0.29) is 30.3 Å². The molecular formula is C19H25ClN4O3. The number of carbonyl (C=O) groups excluding carboxylic acids is 3. The number of nitrogens with one attached hydrogen (secondary N) is 1. The Balaban J connectivity index is 1.47. The van der Waals surface area contributed by atoms with Gasteiger partial charge in [-0.1, -0.05) is 23.7 Å². The molecule has 1 aromatic carbocycles. The molecule has 3 rings (SSSR count). The third-order valence-corrected chi connectivity index (χ3v) is 5.47. The summed E-state index contributed by atoms with van der Waals surface area (Å²) in [6.07, 6.45) is 1.61. The molecule has 1 aromatic rings. The maximum absolute atomic E-state index is 12.7. The summed E-state index contributed by atoms with van der Waals surface area (Å²) in [5.41, 5.74) is 0.600. The fourth-order valence-corrected chi connectivity index (χ4v) is 3.88. The van der Waals surface area contributed by atoms with Crippen LogP contribution in [0.15, 0.2) is 24.3 Å². The monoisotopic (exact) mass is 392 g/mol. The van der Waals surface area contributed by atoms with Crippen molar-refractivity contribution in [2.24, 2.45) is 0 Å². The van der Waals surface area contributed by atoms with Crippen molar-refractivity contribution in [2.45, 2.75) is 25.8 Å². The van der Waals surface area contributed by atoms with E-state index in [1.807, 2.05) is 21.9 Å². The smallest absolute Gasteiger partial charge is 0.245 e. The van der Waals surface area contributed by atoms with E-state index >= 15 is 0 Å². The number of amides is 3. The molecule has 2 heterocycles. The van der Waals surface area contributed by atoms with Gasteiger partial charge in [-0.2, -0.15) is 0 Å². The summed E-state index contributed by atoms with van der Waals surface area (Å²) in [7, 11) is 0. The van der Waals surface area contributed by atoms with Crippen LogP contribution in [0.4, 0.5) is 5.69 Å². The number of rotatable bonds is 4. The molecule has 2 aliphatic rings. The maximum Gasteiger partial charge on any atom is 0.245 e. The van der Waals surface area contributed by atoms with E-state index in [4.69, 9.17) is 11.6 Å². The Morgan fingerprint density at radius 2 is 1.81 bits per heavy atom. The van der Waals surface area contributed by atoms with Crippen molar-refractivity contribution in [3.05, 3.63) is 29.3 Å². The molecule has 0 aliphatic carbocycles. The van der Waals surface area contributed by atoms with E-state index in [0.717, 1.165) is 12.8 Å². The highest BCUT2D eigenvalue weighted by atomic mass is 35.5. The summed E-state index contributed by atoms with van der Waals surface area (Å²) in [5.74, 6) is -0.134. The first-order valence-electron chi connectivity index (χ1n) is 9.28. The van der Waals surface area contributed by atoms with Crippen molar-refractivity contribution < 1.29 is 14.4 Å². The van der Waals surface area contributed by atoms with Crippen LogP contribution >= 0.6 is 11.6 Å². The summed E-state index contributed by atoms with van der Waals surface area (Å²) in [5, 5.41) is 3.32. The van der Waals surface area contributed by atoms with Gasteiger partial charge in [0.25, 0.3) is 0 Å². The summed E-state index contributed by atoms with van der Waals surface area (Å²) < 4.78 is 0. The molecule has 2 saturated heterocycles. The fraction of sp³-hybridized carbons (Fsp3) is 0.526. The van der Waals surface area contributed by atoms with Crippen LogP contribution in [-0.4, -0.2) is 77.7 Å². The molecule has 0 radical (unpaired) electrons. The molecule has 7 nitrogen and oxygen atoms in total. The van der Waals surface area contributed by atoms with E-state index in [9.17, 15) is 14.4 Å². The minimum absolute atomic E-state index is 0.0304. The molecule has 0 aromatic heterocycles. The molecule has 0 spiro atoms. The van der Waals surface area contributed by atoms with Gasteiger partial charge in [-0.25, -0.2) is 0 Å². The predicted molar refractivity (Wildman–Crippen MR) is 104 cm³/mol. The molecule has 3 amide bonds. The number of carbonyl (C=O) groups is 3. The van der Waals surface area contributed by atoms with Crippen molar-refractivity contribution in [2.75, 3.05) is 44.6 Å². The molecule has 2 aliphatic heterocycles. The van der Waals surface area contributed by atoms with Crippen molar-refractivity contribution in [3.8, 4) is 0 Å². The molecule has 0 bridgehead atoms. The SMILES string of the molecule is CC(=O)N1CCCC1C(=O)N1CCN(CC(=O)Nc2ccccc2Cl)CC1. The minimum Gasteiger partial charge on any atom is -0.338 e.